The highest BCUT2D eigenvalue weighted by molar-refractivity contribution is 5.95. The summed E-state index contributed by atoms with van der Waals surface area (Å²) in [5.41, 5.74) is 7.75. The summed E-state index contributed by atoms with van der Waals surface area (Å²) in [5, 5.41) is 8.42. The summed E-state index contributed by atoms with van der Waals surface area (Å²) in [5.74, 6) is 0. The highest BCUT2D eigenvalue weighted by atomic mass is 15.2. The van der Waals surface area contributed by atoms with Gasteiger partial charge in [0.15, 0.2) is 5.65 Å². The number of hydrogen-bond acceptors (Lipinski definition) is 4. The van der Waals surface area contributed by atoms with Gasteiger partial charge in [0.2, 0.25) is 0 Å². The van der Waals surface area contributed by atoms with E-state index in [0.29, 0.717) is 5.65 Å². The van der Waals surface area contributed by atoms with Crippen LogP contribution in [0.25, 0.3) is 44.6 Å². The number of H-pyrrole nitrogens is 2. The fraction of sp³-hybridized carbons (Fsp3) is 0.100. The molecule has 2 N–H and O–H groups in total. The van der Waals surface area contributed by atoms with Gasteiger partial charge in [-0.3, -0.25) is 15.1 Å². The van der Waals surface area contributed by atoms with Crippen LogP contribution in [0.2, 0.25) is 0 Å². The fourth-order valence-corrected chi connectivity index (χ4v) is 3.19. The van der Waals surface area contributed by atoms with E-state index in [0.717, 1.165) is 45.4 Å². The highest BCUT2D eigenvalue weighted by Gasteiger charge is 2.13. The summed E-state index contributed by atoms with van der Waals surface area (Å²) in [6.45, 7) is 2.13. The number of hydrogen-bond donors (Lipinski definition) is 2. The summed E-state index contributed by atoms with van der Waals surface area (Å²) in [7, 11) is 0. The third-order valence-corrected chi connectivity index (χ3v) is 4.60. The molecule has 0 atom stereocenters. The molecule has 0 aliphatic heterocycles. The van der Waals surface area contributed by atoms with Crippen molar-refractivity contribution in [2.45, 2.75) is 13.3 Å². The molecule has 5 heterocycles. The molecule has 26 heavy (non-hydrogen) atoms. The molecular formula is C20H16N6. The number of aromatic nitrogens is 6. The first-order valence-electron chi connectivity index (χ1n) is 8.54. The lowest BCUT2D eigenvalue weighted by Crippen LogP contribution is -1.87. The molecule has 0 aromatic carbocycles. The average Bonchev–Trinajstić information content (AvgIpc) is 3.31. The molecule has 0 radical (unpaired) electrons. The van der Waals surface area contributed by atoms with Gasteiger partial charge in [0.1, 0.15) is 0 Å². The van der Waals surface area contributed by atoms with Crippen molar-refractivity contribution in [2.24, 2.45) is 0 Å². The van der Waals surface area contributed by atoms with Gasteiger partial charge < -0.3 is 4.98 Å². The quantitative estimate of drug-likeness (QED) is 0.517. The van der Waals surface area contributed by atoms with Gasteiger partial charge in [-0.1, -0.05) is 6.92 Å². The van der Waals surface area contributed by atoms with Gasteiger partial charge in [0, 0.05) is 41.3 Å². The Labute approximate surface area is 149 Å². The minimum Gasteiger partial charge on any atom is -0.352 e. The van der Waals surface area contributed by atoms with Gasteiger partial charge >= 0.3 is 0 Å². The van der Waals surface area contributed by atoms with Crippen LogP contribution in [0.5, 0.6) is 0 Å². The molecule has 0 aliphatic carbocycles. The molecule has 0 saturated carbocycles. The first kappa shape index (κ1) is 14.8. The molecule has 0 spiro atoms. The van der Waals surface area contributed by atoms with E-state index in [4.69, 9.17) is 0 Å². The second-order valence-electron chi connectivity index (χ2n) is 6.25. The van der Waals surface area contributed by atoms with Crippen LogP contribution in [0, 0.1) is 0 Å². The summed E-state index contributed by atoms with van der Waals surface area (Å²) >= 11 is 0. The van der Waals surface area contributed by atoms with Crippen molar-refractivity contribution in [3.63, 3.8) is 0 Å². The number of aryl methyl sites for hydroxylation is 1. The van der Waals surface area contributed by atoms with Crippen LogP contribution in [-0.2, 0) is 6.42 Å². The lowest BCUT2D eigenvalue weighted by molar-refractivity contribution is 1.10. The van der Waals surface area contributed by atoms with Crippen LogP contribution in [0.1, 0.15) is 12.5 Å². The predicted molar refractivity (Wildman–Crippen MR) is 102 cm³/mol. The maximum absolute atomic E-state index is 4.51. The van der Waals surface area contributed by atoms with Gasteiger partial charge in [-0.2, -0.15) is 5.10 Å². The van der Waals surface area contributed by atoms with Crippen LogP contribution in [0.15, 0.2) is 55.1 Å². The zero-order valence-electron chi connectivity index (χ0n) is 14.2. The van der Waals surface area contributed by atoms with Gasteiger partial charge in [-0.25, -0.2) is 4.98 Å². The molecule has 0 saturated heterocycles. The van der Waals surface area contributed by atoms with E-state index in [1.54, 1.807) is 6.20 Å². The predicted octanol–water partition coefficient (Wildman–Crippen LogP) is 4.13. The van der Waals surface area contributed by atoms with Crippen molar-refractivity contribution in [3.05, 3.63) is 60.7 Å². The Kier molecular flexibility index (Phi) is 3.28. The Morgan fingerprint density at radius 2 is 1.92 bits per heavy atom. The van der Waals surface area contributed by atoms with Crippen LogP contribution in [0.4, 0.5) is 0 Å². The van der Waals surface area contributed by atoms with Gasteiger partial charge in [-0.15, -0.1) is 0 Å². The molecule has 0 aliphatic rings. The molecule has 0 fully saturated rings. The molecule has 126 valence electrons. The van der Waals surface area contributed by atoms with E-state index in [2.05, 4.69) is 49.2 Å². The zero-order valence-corrected chi connectivity index (χ0v) is 14.2. The van der Waals surface area contributed by atoms with Crippen molar-refractivity contribution < 1.29 is 0 Å². The maximum Gasteiger partial charge on any atom is 0.181 e. The van der Waals surface area contributed by atoms with Gasteiger partial charge in [0.05, 0.1) is 22.4 Å². The SMILES string of the molecule is CCc1cncc(-c2cnc3n[nH]c(-c4cc5ncccc5[nH]4)c3c2)c1. The molecule has 6 heteroatoms. The van der Waals surface area contributed by atoms with E-state index < -0.39 is 0 Å². The largest absolute Gasteiger partial charge is 0.352 e. The Hall–Kier alpha value is -3.54. The minimum absolute atomic E-state index is 0.690. The third kappa shape index (κ3) is 2.35. The maximum atomic E-state index is 4.51. The number of pyridine rings is 3. The summed E-state index contributed by atoms with van der Waals surface area (Å²) in [4.78, 5) is 16.6. The van der Waals surface area contributed by atoms with Crippen molar-refractivity contribution >= 4 is 22.1 Å². The number of nitrogens with zero attached hydrogens (tertiary/aromatic N) is 4. The fourth-order valence-electron chi connectivity index (χ4n) is 3.19. The van der Waals surface area contributed by atoms with Gasteiger partial charge in [0.25, 0.3) is 0 Å². The smallest absolute Gasteiger partial charge is 0.181 e. The lowest BCUT2D eigenvalue weighted by atomic mass is 10.1. The lowest BCUT2D eigenvalue weighted by Gasteiger charge is -2.03. The number of aromatic amines is 2. The Morgan fingerprint density at radius 1 is 1.00 bits per heavy atom. The van der Waals surface area contributed by atoms with E-state index in [-0.39, 0.29) is 0 Å². The Bertz CT molecular complexity index is 1200. The van der Waals surface area contributed by atoms with Gasteiger partial charge in [-0.05, 0) is 42.3 Å². The second-order valence-corrected chi connectivity index (χ2v) is 6.25. The van der Waals surface area contributed by atoms with Crippen LogP contribution >= 0.6 is 0 Å². The summed E-state index contributed by atoms with van der Waals surface area (Å²) in [6, 6.07) is 10.2. The monoisotopic (exact) mass is 340 g/mol. The van der Waals surface area contributed by atoms with Crippen LogP contribution < -0.4 is 0 Å². The molecule has 5 aromatic heterocycles. The molecular weight excluding hydrogens is 324 g/mol. The van der Waals surface area contributed by atoms with Crippen molar-refractivity contribution in [1.82, 2.24) is 30.1 Å². The number of nitrogens with one attached hydrogen (secondary N) is 2. The normalized spacial score (nSPS) is 11.4. The molecule has 0 unspecified atom stereocenters. The number of fused-ring (bicyclic) bond motifs is 2. The van der Waals surface area contributed by atoms with Crippen molar-refractivity contribution in [3.8, 4) is 22.5 Å². The Balaban J connectivity index is 1.67. The van der Waals surface area contributed by atoms with E-state index in [1.807, 2.05) is 36.8 Å². The van der Waals surface area contributed by atoms with Crippen LogP contribution in [0.3, 0.4) is 0 Å². The molecule has 6 nitrogen and oxygen atoms in total. The molecule has 0 amide bonds. The first-order chi connectivity index (χ1) is 12.8. The highest BCUT2D eigenvalue weighted by Crippen LogP contribution is 2.30. The first-order valence-corrected chi connectivity index (χ1v) is 8.54. The molecule has 5 rings (SSSR count). The summed E-state index contributed by atoms with van der Waals surface area (Å²) < 4.78 is 0. The Morgan fingerprint density at radius 3 is 2.81 bits per heavy atom. The zero-order chi connectivity index (χ0) is 17.5. The standard InChI is InChI=1S/C20H16N6/c1-2-12-6-13(10-21-9-12)14-7-15-19(25-26-20(15)23-11-14)18-8-17-16(24-18)4-3-5-22-17/h3-11,24H,2H2,1H3,(H,23,25,26). The summed E-state index contributed by atoms with van der Waals surface area (Å²) in [6.07, 6.45) is 8.36. The van der Waals surface area contributed by atoms with Crippen molar-refractivity contribution in [2.75, 3.05) is 0 Å². The molecule has 5 aromatic rings. The topological polar surface area (TPSA) is 83.1 Å². The van der Waals surface area contributed by atoms with Crippen LogP contribution in [-0.4, -0.2) is 30.1 Å². The third-order valence-electron chi connectivity index (χ3n) is 4.60. The van der Waals surface area contributed by atoms with E-state index >= 15 is 0 Å². The minimum atomic E-state index is 0.690. The number of rotatable bonds is 3. The van der Waals surface area contributed by atoms with E-state index in [1.165, 1.54) is 5.56 Å². The molecule has 0 bridgehead atoms. The van der Waals surface area contributed by atoms with Crippen molar-refractivity contribution in [1.29, 1.82) is 0 Å². The average molecular weight is 340 g/mol. The second kappa shape index (κ2) is 5.77. The van der Waals surface area contributed by atoms with E-state index in [9.17, 15) is 0 Å².